The Labute approximate surface area is 117 Å². The molecular weight excluding hydrogens is 270 g/mol. The van der Waals surface area contributed by atoms with E-state index in [1.807, 2.05) is 6.92 Å². The number of hydrogen-bond acceptors (Lipinski definition) is 5. The van der Waals surface area contributed by atoms with Gasteiger partial charge in [0.2, 0.25) is 5.28 Å². The highest BCUT2D eigenvalue weighted by Crippen LogP contribution is 2.32. The van der Waals surface area contributed by atoms with Crippen LogP contribution in [0.2, 0.25) is 5.28 Å². The number of hydrogen-bond donors (Lipinski definition) is 0. The Morgan fingerprint density at radius 2 is 2.00 bits per heavy atom. The largest absolute Gasteiger partial charge is 0.463 e. The van der Waals surface area contributed by atoms with Crippen molar-refractivity contribution in [3.8, 4) is 6.01 Å². The van der Waals surface area contributed by atoms with Gasteiger partial charge in [-0.1, -0.05) is 37.9 Å². The van der Waals surface area contributed by atoms with Crippen LogP contribution in [0.5, 0.6) is 6.01 Å². The average Bonchev–Trinajstić information content (AvgIpc) is 2.37. The van der Waals surface area contributed by atoms with E-state index in [1.165, 1.54) is 32.1 Å². The molecule has 100 valence electrons. The monoisotopic (exact) mass is 287 g/mol. The normalized spacial score (nSPS) is 16.8. The lowest BCUT2D eigenvalue weighted by Gasteiger charge is -2.19. The third-order valence-electron chi connectivity index (χ3n) is 2.83. The van der Waals surface area contributed by atoms with Crippen molar-refractivity contribution < 1.29 is 4.74 Å². The van der Waals surface area contributed by atoms with Gasteiger partial charge in [-0.2, -0.15) is 15.0 Å². The third kappa shape index (κ3) is 4.28. The first-order valence-electron chi connectivity index (χ1n) is 6.49. The van der Waals surface area contributed by atoms with Crippen LogP contribution in [0.25, 0.3) is 0 Å². The third-order valence-corrected chi connectivity index (χ3v) is 4.19. The molecule has 1 heterocycles. The molecule has 0 amide bonds. The van der Waals surface area contributed by atoms with E-state index in [-0.39, 0.29) is 5.28 Å². The van der Waals surface area contributed by atoms with Gasteiger partial charge in [0.05, 0.1) is 6.61 Å². The van der Waals surface area contributed by atoms with Gasteiger partial charge < -0.3 is 4.74 Å². The second-order valence-electron chi connectivity index (χ2n) is 4.40. The van der Waals surface area contributed by atoms with E-state index in [4.69, 9.17) is 16.3 Å². The molecular formula is C12H18ClN3OS. The summed E-state index contributed by atoms with van der Waals surface area (Å²) in [6, 6.07) is 0.343. The van der Waals surface area contributed by atoms with Crippen LogP contribution in [0.15, 0.2) is 5.16 Å². The van der Waals surface area contributed by atoms with Crippen LogP contribution in [0.3, 0.4) is 0 Å². The quantitative estimate of drug-likeness (QED) is 0.825. The van der Waals surface area contributed by atoms with Gasteiger partial charge in [0, 0.05) is 5.25 Å². The molecule has 18 heavy (non-hydrogen) atoms. The van der Waals surface area contributed by atoms with Gasteiger partial charge in [-0.05, 0) is 30.9 Å². The molecule has 6 heteroatoms. The summed E-state index contributed by atoms with van der Waals surface area (Å²) in [5, 5.41) is 1.51. The van der Waals surface area contributed by atoms with Crippen LogP contribution in [0.4, 0.5) is 0 Å². The van der Waals surface area contributed by atoms with Crippen molar-refractivity contribution in [1.29, 1.82) is 0 Å². The number of halogens is 1. The van der Waals surface area contributed by atoms with Gasteiger partial charge in [-0.3, -0.25) is 0 Å². The minimum atomic E-state index is 0.217. The zero-order valence-corrected chi connectivity index (χ0v) is 12.1. The maximum Gasteiger partial charge on any atom is 0.321 e. The Bertz CT molecular complexity index is 386. The van der Waals surface area contributed by atoms with E-state index in [9.17, 15) is 0 Å². The Hall–Kier alpha value is -0.550. The summed E-state index contributed by atoms with van der Waals surface area (Å²) in [5.74, 6) is 0. The summed E-state index contributed by atoms with van der Waals surface area (Å²) >= 11 is 7.59. The number of nitrogens with zero attached hydrogens (tertiary/aromatic N) is 3. The maximum absolute atomic E-state index is 5.89. The summed E-state index contributed by atoms with van der Waals surface area (Å²) in [4.78, 5) is 12.4. The highest BCUT2D eigenvalue weighted by molar-refractivity contribution is 7.99. The SMILES string of the molecule is CCCOc1nc(Cl)nc(SC2CCCCC2)n1. The molecule has 1 aromatic heterocycles. The molecule has 0 aromatic carbocycles. The molecule has 0 spiro atoms. The molecule has 0 saturated heterocycles. The summed E-state index contributed by atoms with van der Waals surface area (Å²) in [7, 11) is 0. The molecule has 2 rings (SSSR count). The fourth-order valence-electron chi connectivity index (χ4n) is 1.96. The fraction of sp³-hybridized carbons (Fsp3) is 0.750. The van der Waals surface area contributed by atoms with E-state index in [0.29, 0.717) is 23.0 Å². The van der Waals surface area contributed by atoms with Crippen molar-refractivity contribution in [3.05, 3.63) is 5.28 Å². The van der Waals surface area contributed by atoms with Crippen molar-refractivity contribution in [2.45, 2.75) is 55.9 Å². The van der Waals surface area contributed by atoms with Crippen LogP contribution < -0.4 is 4.74 Å². The minimum Gasteiger partial charge on any atom is -0.463 e. The van der Waals surface area contributed by atoms with Crippen LogP contribution in [-0.2, 0) is 0 Å². The van der Waals surface area contributed by atoms with E-state index >= 15 is 0 Å². The predicted molar refractivity (Wildman–Crippen MR) is 73.4 cm³/mol. The smallest absolute Gasteiger partial charge is 0.321 e. The molecule has 1 aromatic rings. The molecule has 0 atom stereocenters. The van der Waals surface area contributed by atoms with Crippen molar-refractivity contribution in [2.24, 2.45) is 0 Å². The highest BCUT2D eigenvalue weighted by atomic mass is 35.5. The molecule has 0 aliphatic heterocycles. The Morgan fingerprint density at radius 1 is 1.22 bits per heavy atom. The number of thioether (sulfide) groups is 1. The first-order valence-corrected chi connectivity index (χ1v) is 7.74. The molecule has 1 aliphatic rings. The first-order chi connectivity index (χ1) is 8.78. The van der Waals surface area contributed by atoms with Gasteiger partial charge in [0.25, 0.3) is 0 Å². The van der Waals surface area contributed by atoms with Gasteiger partial charge in [0.1, 0.15) is 0 Å². The average molecular weight is 288 g/mol. The van der Waals surface area contributed by atoms with E-state index in [0.717, 1.165) is 6.42 Å². The molecule has 0 bridgehead atoms. The molecule has 0 unspecified atom stereocenters. The van der Waals surface area contributed by atoms with Crippen LogP contribution in [-0.4, -0.2) is 26.8 Å². The zero-order chi connectivity index (χ0) is 12.8. The lowest BCUT2D eigenvalue weighted by Crippen LogP contribution is -2.09. The van der Waals surface area contributed by atoms with E-state index in [2.05, 4.69) is 15.0 Å². The standard InChI is InChI=1S/C12H18ClN3OS/c1-2-8-17-11-14-10(13)15-12(16-11)18-9-6-4-3-5-7-9/h9H,2-8H2,1H3. The van der Waals surface area contributed by atoms with Crippen LogP contribution >= 0.6 is 23.4 Å². The van der Waals surface area contributed by atoms with Gasteiger partial charge in [-0.15, -0.1) is 0 Å². The molecule has 1 aliphatic carbocycles. The second kappa shape index (κ2) is 7.14. The molecule has 0 radical (unpaired) electrons. The summed E-state index contributed by atoms with van der Waals surface area (Å²) in [5.41, 5.74) is 0. The molecule has 1 fully saturated rings. The number of rotatable bonds is 5. The Balaban J connectivity index is 1.99. The minimum absolute atomic E-state index is 0.217. The van der Waals surface area contributed by atoms with Gasteiger partial charge >= 0.3 is 6.01 Å². The van der Waals surface area contributed by atoms with Crippen molar-refractivity contribution >= 4 is 23.4 Å². The fourth-order valence-corrected chi connectivity index (χ4v) is 3.30. The van der Waals surface area contributed by atoms with Crippen molar-refractivity contribution in [1.82, 2.24) is 15.0 Å². The Kier molecular flexibility index (Phi) is 5.50. The number of ether oxygens (including phenoxy) is 1. The molecule has 0 N–H and O–H groups in total. The predicted octanol–water partition coefficient (Wildman–Crippen LogP) is 3.74. The molecule has 1 saturated carbocycles. The van der Waals surface area contributed by atoms with Gasteiger partial charge in [0.15, 0.2) is 5.16 Å². The van der Waals surface area contributed by atoms with Gasteiger partial charge in [-0.25, -0.2) is 0 Å². The topological polar surface area (TPSA) is 47.9 Å². The highest BCUT2D eigenvalue weighted by Gasteiger charge is 2.17. The lowest BCUT2D eigenvalue weighted by atomic mass is 10.0. The summed E-state index contributed by atoms with van der Waals surface area (Å²) < 4.78 is 5.41. The Morgan fingerprint density at radius 3 is 2.72 bits per heavy atom. The van der Waals surface area contributed by atoms with E-state index < -0.39 is 0 Å². The summed E-state index contributed by atoms with van der Waals surface area (Å²) in [6.07, 6.45) is 7.35. The zero-order valence-electron chi connectivity index (χ0n) is 10.6. The number of aromatic nitrogens is 3. The first kappa shape index (κ1) is 13.9. The molecule has 4 nitrogen and oxygen atoms in total. The van der Waals surface area contributed by atoms with Crippen LogP contribution in [0, 0.1) is 0 Å². The second-order valence-corrected chi connectivity index (χ2v) is 6.00. The lowest BCUT2D eigenvalue weighted by molar-refractivity contribution is 0.288. The van der Waals surface area contributed by atoms with Crippen LogP contribution in [0.1, 0.15) is 45.4 Å². The van der Waals surface area contributed by atoms with Crippen molar-refractivity contribution in [3.63, 3.8) is 0 Å². The van der Waals surface area contributed by atoms with Crippen molar-refractivity contribution in [2.75, 3.05) is 6.61 Å². The summed E-state index contributed by atoms with van der Waals surface area (Å²) in [6.45, 7) is 2.65. The van der Waals surface area contributed by atoms with E-state index in [1.54, 1.807) is 11.8 Å². The maximum atomic E-state index is 5.89.